The van der Waals surface area contributed by atoms with Crippen LogP contribution in [0, 0.1) is 0 Å². The van der Waals surface area contributed by atoms with Crippen LogP contribution in [0.25, 0.3) is 10.8 Å². The third kappa shape index (κ3) is 3.92. The molecule has 1 aliphatic rings. The second-order valence-corrected chi connectivity index (χ2v) is 7.83. The van der Waals surface area contributed by atoms with Crippen molar-refractivity contribution in [2.45, 2.75) is 18.6 Å². The largest absolute Gasteiger partial charge is 0.468 e. The molecular formula is C22H22N2O3S. The maximum absolute atomic E-state index is 12.7. The topological polar surface area (TPSA) is 62.6 Å². The standard InChI is InChI=1S/C22H22N2O3S/c25-20(23-11-14-28-15-17-7-4-13-27-17)10-3-12-24-19-9-2-6-16-5-1-8-18(21(16)19)22(24)26/h1-2,4-9,13H,3,10-12,14-15H2,(H,23,25). The fourth-order valence-corrected chi connectivity index (χ4v) is 4.27. The highest BCUT2D eigenvalue weighted by Gasteiger charge is 2.28. The van der Waals surface area contributed by atoms with E-state index >= 15 is 0 Å². The Morgan fingerprint density at radius 3 is 2.79 bits per heavy atom. The van der Waals surface area contributed by atoms with Crippen LogP contribution in [0.3, 0.4) is 0 Å². The van der Waals surface area contributed by atoms with E-state index in [1.54, 1.807) is 22.9 Å². The molecule has 2 aromatic carbocycles. The molecular weight excluding hydrogens is 372 g/mol. The van der Waals surface area contributed by atoms with Crippen molar-refractivity contribution in [1.29, 1.82) is 0 Å². The summed E-state index contributed by atoms with van der Waals surface area (Å²) < 4.78 is 5.28. The zero-order valence-corrected chi connectivity index (χ0v) is 16.3. The van der Waals surface area contributed by atoms with Crippen molar-refractivity contribution >= 4 is 40.0 Å². The maximum atomic E-state index is 12.7. The van der Waals surface area contributed by atoms with Gasteiger partial charge in [-0.3, -0.25) is 9.59 Å². The minimum absolute atomic E-state index is 0.0287. The molecule has 144 valence electrons. The summed E-state index contributed by atoms with van der Waals surface area (Å²) in [7, 11) is 0. The van der Waals surface area contributed by atoms with Gasteiger partial charge in [0.2, 0.25) is 5.91 Å². The SMILES string of the molecule is O=C(CCCN1C(=O)c2cccc3cccc1c23)NCCSCc1ccco1. The number of nitrogens with one attached hydrogen (secondary N) is 1. The molecule has 0 saturated carbocycles. The third-order valence-electron chi connectivity index (χ3n) is 4.83. The van der Waals surface area contributed by atoms with Gasteiger partial charge in [-0.15, -0.1) is 0 Å². The number of carbonyl (C=O) groups is 2. The first-order chi connectivity index (χ1) is 13.7. The molecule has 4 rings (SSSR count). The number of furan rings is 1. The van der Waals surface area contributed by atoms with Crippen LogP contribution in [0.2, 0.25) is 0 Å². The highest BCUT2D eigenvalue weighted by molar-refractivity contribution is 7.98. The number of nitrogens with zero attached hydrogens (tertiary/aromatic N) is 1. The average molecular weight is 394 g/mol. The number of carbonyl (C=O) groups excluding carboxylic acids is 2. The van der Waals surface area contributed by atoms with E-state index in [-0.39, 0.29) is 11.8 Å². The number of hydrogen-bond donors (Lipinski definition) is 1. The van der Waals surface area contributed by atoms with Crippen LogP contribution in [0.1, 0.15) is 29.0 Å². The van der Waals surface area contributed by atoms with Crippen molar-refractivity contribution in [3.8, 4) is 0 Å². The molecule has 2 heterocycles. The minimum Gasteiger partial charge on any atom is -0.468 e. The van der Waals surface area contributed by atoms with Crippen molar-refractivity contribution in [2.75, 3.05) is 23.7 Å². The molecule has 3 aromatic rings. The number of amides is 2. The van der Waals surface area contributed by atoms with Crippen LogP contribution >= 0.6 is 11.8 Å². The van der Waals surface area contributed by atoms with Crippen LogP contribution in [-0.4, -0.2) is 30.7 Å². The first-order valence-corrected chi connectivity index (χ1v) is 10.6. The number of hydrogen-bond acceptors (Lipinski definition) is 4. The molecule has 0 aliphatic carbocycles. The minimum atomic E-state index is 0.0287. The monoisotopic (exact) mass is 394 g/mol. The van der Waals surface area contributed by atoms with E-state index < -0.39 is 0 Å². The molecule has 1 aliphatic heterocycles. The molecule has 0 atom stereocenters. The van der Waals surface area contributed by atoms with Gasteiger partial charge < -0.3 is 14.6 Å². The molecule has 28 heavy (non-hydrogen) atoms. The summed E-state index contributed by atoms with van der Waals surface area (Å²) in [5.41, 5.74) is 1.71. The maximum Gasteiger partial charge on any atom is 0.258 e. The Morgan fingerprint density at radius 2 is 1.96 bits per heavy atom. The van der Waals surface area contributed by atoms with Gasteiger partial charge in [-0.05, 0) is 36.1 Å². The summed E-state index contributed by atoms with van der Waals surface area (Å²) in [5.74, 6) is 2.66. The molecule has 1 aromatic heterocycles. The summed E-state index contributed by atoms with van der Waals surface area (Å²) in [6, 6.07) is 15.6. The Balaban J connectivity index is 1.21. The lowest BCUT2D eigenvalue weighted by molar-refractivity contribution is -0.121. The number of anilines is 1. The normalized spacial score (nSPS) is 12.7. The summed E-state index contributed by atoms with van der Waals surface area (Å²) >= 11 is 1.73. The predicted molar refractivity (Wildman–Crippen MR) is 113 cm³/mol. The van der Waals surface area contributed by atoms with Gasteiger partial charge in [0, 0.05) is 36.2 Å². The Bertz CT molecular complexity index is 979. The van der Waals surface area contributed by atoms with E-state index in [1.165, 1.54) is 0 Å². The van der Waals surface area contributed by atoms with E-state index in [0.29, 0.717) is 25.9 Å². The van der Waals surface area contributed by atoms with Crippen molar-refractivity contribution < 1.29 is 14.0 Å². The van der Waals surface area contributed by atoms with Crippen LogP contribution in [0.15, 0.2) is 59.2 Å². The number of rotatable bonds is 9. The fraction of sp³-hybridized carbons (Fsp3) is 0.273. The van der Waals surface area contributed by atoms with Crippen molar-refractivity contribution in [2.24, 2.45) is 0 Å². The predicted octanol–water partition coefficient (Wildman–Crippen LogP) is 4.22. The summed E-state index contributed by atoms with van der Waals surface area (Å²) in [4.78, 5) is 26.6. The van der Waals surface area contributed by atoms with Gasteiger partial charge in [0.05, 0.1) is 17.7 Å². The quantitative estimate of drug-likeness (QED) is 0.552. The lowest BCUT2D eigenvalue weighted by Crippen LogP contribution is -2.30. The smallest absolute Gasteiger partial charge is 0.258 e. The Labute approximate surface area is 168 Å². The summed E-state index contributed by atoms with van der Waals surface area (Å²) in [6.45, 7) is 1.19. The van der Waals surface area contributed by atoms with Crippen LogP contribution in [0.4, 0.5) is 5.69 Å². The van der Waals surface area contributed by atoms with Gasteiger partial charge in [0.1, 0.15) is 5.76 Å². The number of thioether (sulfide) groups is 1. The van der Waals surface area contributed by atoms with Crippen molar-refractivity contribution in [3.63, 3.8) is 0 Å². The zero-order valence-electron chi connectivity index (χ0n) is 15.5. The highest BCUT2D eigenvalue weighted by Crippen LogP contribution is 2.37. The van der Waals surface area contributed by atoms with Gasteiger partial charge in [-0.25, -0.2) is 0 Å². The zero-order chi connectivity index (χ0) is 19.3. The Kier molecular flexibility index (Phi) is 5.67. The molecule has 2 amide bonds. The Hall–Kier alpha value is -2.73. The molecule has 0 saturated heterocycles. The second kappa shape index (κ2) is 8.52. The van der Waals surface area contributed by atoms with Crippen LogP contribution in [-0.2, 0) is 10.5 Å². The molecule has 5 nitrogen and oxygen atoms in total. The van der Waals surface area contributed by atoms with E-state index in [1.807, 2.05) is 48.5 Å². The highest BCUT2D eigenvalue weighted by atomic mass is 32.2. The van der Waals surface area contributed by atoms with E-state index in [0.717, 1.165) is 39.3 Å². The molecule has 1 N–H and O–H groups in total. The van der Waals surface area contributed by atoms with Gasteiger partial charge in [-0.1, -0.05) is 24.3 Å². The number of benzene rings is 2. The first kappa shape index (κ1) is 18.6. The first-order valence-electron chi connectivity index (χ1n) is 9.44. The fourth-order valence-electron chi connectivity index (χ4n) is 3.52. The molecule has 0 radical (unpaired) electrons. The van der Waals surface area contributed by atoms with Gasteiger partial charge >= 0.3 is 0 Å². The lowest BCUT2D eigenvalue weighted by Gasteiger charge is -2.17. The third-order valence-corrected chi connectivity index (χ3v) is 5.81. The van der Waals surface area contributed by atoms with Crippen LogP contribution < -0.4 is 10.2 Å². The van der Waals surface area contributed by atoms with Gasteiger partial charge in [0.15, 0.2) is 0 Å². The summed E-state index contributed by atoms with van der Waals surface area (Å²) in [6.07, 6.45) is 2.72. The Morgan fingerprint density at radius 1 is 1.11 bits per heavy atom. The summed E-state index contributed by atoms with van der Waals surface area (Å²) in [5, 5.41) is 5.04. The molecule has 0 spiro atoms. The molecule has 0 unspecified atom stereocenters. The average Bonchev–Trinajstić information content (AvgIpc) is 3.32. The van der Waals surface area contributed by atoms with E-state index in [4.69, 9.17) is 4.42 Å². The van der Waals surface area contributed by atoms with Crippen LogP contribution in [0.5, 0.6) is 0 Å². The van der Waals surface area contributed by atoms with E-state index in [9.17, 15) is 9.59 Å². The van der Waals surface area contributed by atoms with Crippen molar-refractivity contribution in [1.82, 2.24) is 5.32 Å². The lowest BCUT2D eigenvalue weighted by atomic mass is 10.1. The van der Waals surface area contributed by atoms with E-state index in [2.05, 4.69) is 5.32 Å². The van der Waals surface area contributed by atoms with Crippen molar-refractivity contribution in [3.05, 3.63) is 66.1 Å². The molecule has 0 bridgehead atoms. The molecule has 0 fully saturated rings. The van der Waals surface area contributed by atoms with Gasteiger partial charge in [0.25, 0.3) is 5.91 Å². The van der Waals surface area contributed by atoms with Gasteiger partial charge in [-0.2, -0.15) is 11.8 Å². The molecule has 6 heteroatoms. The second-order valence-electron chi connectivity index (χ2n) is 6.72.